The number of halogens is 2. The minimum absolute atomic E-state index is 0.301. The van der Waals surface area contributed by atoms with E-state index in [4.69, 9.17) is 27.9 Å². The van der Waals surface area contributed by atoms with Gasteiger partial charge in [-0.15, -0.1) is 0 Å². The predicted molar refractivity (Wildman–Crippen MR) is 96.0 cm³/mol. The number of ether oxygens (including phenoxy) is 1. The Labute approximate surface area is 149 Å². The van der Waals surface area contributed by atoms with E-state index in [1.807, 2.05) is 0 Å². The van der Waals surface area contributed by atoms with Crippen molar-refractivity contribution in [3.8, 4) is 0 Å². The molecule has 0 aliphatic rings. The van der Waals surface area contributed by atoms with Crippen molar-refractivity contribution in [1.29, 1.82) is 0 Å². The summed E-state index contributed by atoms with van der Waals surface area (Å²) in [4.78, 5) is 24.4. The second kappa shape index (κ2) is 8.04. The minimum Gasteiger partial charge on any atom is -0.449 e. The molecule has 0 bridgehead atoms. The molecule has 126 valence electrons. The highest BCUT2D eigenvalue weighted by molar-refractivity contribution is 6.36. The van der Waals surface area contributed by atoms with E-state index >= 15 is 0 Å². The summed E-state index contributed by atoms with van der Waals surface area (Å²) in [6.07, 6.45) is -0.992. The highest BCUT2D eigenvalue weighted by Gasteiger charge is 2.21. The smallest absolute Gasteiger partial charge is 0.341 e. The first-order valence-corrected chi connectivity index (χ1v) is 7.91. The molecule has 0 aliphatic heterocycles. The fourth-order valence-corrected chi connectivity index (χ4v) is 2.44. The zero-order valence-electron chi connectivity index (χ0n) is 13.1. The first kappa shape index (κ1) is 18.1. The van der Waals surface area contributed by atoms with Crippen molar-refractivity contribution in [2.24, 2.45) is 0 Å². The molecule has 2 N–H and O–H groups in total. The first-order valence-electron chi connectivity index (χ1n) is 7.16. The third kappa shape index (κ3) is 4.40. The molecular weight excluding hydrogens is 351 g/mol. The third-order valence-electron chi connectivity index (χ3n) is 3.26. The topological polar surface area (TPSA) is 67.4 Å². The van der Waals surface area contributed by atoms with E-state index in [9.17, 15) is 9.59 Å². The molecular formula is C17H16Cl2N2O3. The van der Waals surface area contributed by atoms with Crippen LogP contribution in [0.1, 0.15) is 17.3 Å². The second-order valence-corrected chi connectivity index (χ2v) is 5.80. The third-order valence-corrected chi connectivity index (χ3v) is 3.81. The molecule has 1 atom stereocenters. The summed E-state index contributed by atoms with van der Waals surface area (Å²) in [6, 6.07) is 11.6. The lowest BCUT2D eigenvalue weighted by atomic mass is 10.2. The Kier molecular flexibility index (Phi) is 6.06. The number of hydrogen-bond donors (Lipinski definition) is 2. The molecule has 7 heteroatoms. The van der Waals surface area contributed by atoms with Gasteiger partial charge in [0.15, 0.2) is 6.10 Å². The number of carbonyl (C=O) groups is 2. The molecule has 0 fully saturated rings. The van der Waals surface area contributed by atoms with Gasteiger partial charge in [0, 0.05) is 17.8 Å². The Morgan fingerprint density at radius 2 is 1.79 bits per heavy atom. The van der Waals surface area contributed by atoms with Gasteiger partial charge in [-0.05, 0) is 37.3 Å². The average molecular weight is 367 g/mol. The molecule has 24 heavy (non-hydrogen) atoms. The standard InChI is InChI=1S/C17H16Cl2N2O3/c1-10(16(22)21-15-8-7-11(18)9-13(15)19)24-17(23)12-5-3-4-6-14(12)20-2/h3-10,20H,1-2H3,(H,21,22)/t10-/m1/s1. The van der Waals surface area contributed by atoms with Crippen LogP contribution >= 0.6 is 23.2 Å². The van der Waals surface area contributed by atoms with Crippen LogP contribution in [-0.2, 0) is 9.53 Å². The van der Waals surface area contributed by atoms with Gasteiger partial charge < -0.3 is 15.4 Å². The van der Waals surface area contributed by atoms with Crippen molar-refractivity contribution in [3.63, 3.8) is 0 Å². The van der Waals surface area contributed by atoms with Crippen LogP contribution in [0.3, 0.4) is 0 Å². The van der Waals surface area contributed by atoms with E-state index < -0.39 is 18.0 Å². The van der Waals surface area contributed by atoms with E-state index in [1.165, 1.54) is 13.0 Å². The molecule has 0 aromatic heterocycles. The number of hydrogen-bond acceptors (Lipinski definition) is 4. The molecule has 0 heterocycles. The van der Waals surface area contributed by atoms with Gasteiger partial charge >= 0.3 is 5.97 Å². The van der Waals surface area contributed by atoms with Crippen LogP contribution in [0.25, 0.3) is 0 Å². The van der Waals surface area contributed by atoms with E-state index in [2.05, 4.69) is 10.6 Å². The van der Waals surface area contributed by atoms with Crippen molar-refractivity contribution in [1.82, 2.24) is 0 Å². The maximum atomic E-state index is 12.2. The Balaban J connectivity index is 2.04. The Hall–Kier alpha value is -2.24. The number of amides is 1. The summed E-state index contributed by atoms with van der Waals surface area (Å²) in [5, 5.41) is 6.26. The maximum absolute atomic E-state index is 12.2. The van der Waals surface area contributed by atoms with Crippen LogP contribution in [0, 0.1) is 0 Å². The summed E-state index contributed by atoms with van der Waals surface area (Å²) in [5.74, 6) is -1.08. The van der Waals surface area contributed by atoms with Gasteiger partial charge in [-0.1, -0.05) is 35.3 Å². The zero-order chi connectivity index (χ0) is 17.7. The Morgan fingerprint density at radius 3 is 2.46 bits per heavy atom. The number of benzene rings is 2. The van der Waals surface area contributed by atoms with Crippen LogP contribution in [0.2, 0.25) is 10.0 Å². The van der Waals surface area contributed by atoms with Crippen molar-refractivity contribution in [2.75, 3.05) is 17.7 Å². The van der Waals surface area contributed by atoms with Crippen LogP contribution in [0.4, 0.5) is 11.4 Å². The number of anilines is 2. The lowest BCUT2D eigenvalue weighted by molar-refractivity contribution is -0.123. The highest BCUT2D eigenvalue weighted by atomic mass is 35.5. The first-order chi connectivity index (χ1) is 11.4. The van der Waals surface area contributed by atoms with Crippen LogP contribution in [0.15, 0.2) is 42.5 Å². The van der Waals surface area contributed by atoms with Gasteiger partial charge in [-0.25, -0.2) is 4.79 Å². The van der Waals surface area contributed by atoms with Crippen LogP contribution in [-0.4, -0.2) is 25.0 Å². The molecule has 2 rings (SSSR count). The van der Waals surface area contributed by atoms with Crippen LogP contribution < -0.4 is 10.6 Å². The fourth-order valence-electron chi connectivity index (χ4n) is 1.98. The minimum atomic E-state index is -0.992. The summed E-state index contributed by atoms with van der Waals surface area (Å²) < 4.78 is 5.22. The molecule has 0 saturated heterocycles. The fraction of sp³-hybridized carbons (Fsp3) is 0.176. The molecule has 0 unspecified atom stereocenters. The SMILES string of the molecule is CNc1ccccc1C(=O)O[C@H](C)C(=O)Nc1ccc(Cl)cc1Cl. The molecule has 2 aromatic rings. The summed E-state index contributed by atoms with van der Waals surface area (Å²) >= 11 is 11.8. The average Bonchev–Trinajstić information content (AvgIpc) is 2.57. The van der Waals surface area contributed by atoms with Gasteiger partial charge in [0.2, 0.25) is 0 Å². The lowest BCUT2D eigenvalue weighted by Crippen LogP contribution is -2.30. The normalized spacial score (nSPS) is 11.5. The lowest BCUT2D eigenvalue weighted by Gasteiger charge is -2.15. The van der Waals surface area contributed by atoms with Crippen molar-refractivity contribution < 1.29 is 14.3 Å². The number of nitrogens with one attached hydrogen (secondary N) is 2. The molecule has 0 saturated carbocycles. The van der Waals surface area contributed by atoms with Gasteiger partial charge in [0.25, 0.3) is 5.91 Å². The molecule has 0 radical (unpaired) electrons. The summed E-state index contributed by atoms with van der Waals surface area (Å²) in [7, 11) is 1.70. The Morgan fingerprint density at radius 1 is 1.08 bits per heavy atom. The Bertz CT molecular complexity index is 765. The van der Waals surface area contributed by atoms with Crippen LogP contribution in [0.5, 0.6) is 0 Å². The van der Waals surface area contributed by atoms with Crippen molar-refractivity contribution >= 4 is 46.5 Å². The number of esters is 1. The monoisotopic (exact) mass is 366 g/mol. The maximum Gasteiger partial charge on any atom is 0.341 e. The van der Waals surface area contributed by atoms with E-state index in [1.54, 1.807) is 43.4 Å². The molecule has 5 nitrogen and oxygen atoms in total. The molecule has 1 amide bonds. The van der Waals surface area contributed by atoms with E-state index in [0.717, 1.165) is 0 Å². The van der Waals surface area contributed by atoms with Crippen molar-refractivity contribution in [3.05, 3.63) is 58.1 Å². The van der Waals surface area contributed by atoms with Gasteiger partial charge in [-0.3, -0.25) is 4.79 Å². The predicted octanol–water partition coefficient (Wildman–Crippen LogP) is 4.22. The summed E-state index contributed by atoms with van der Waals surface area (Å²) in [6.45, 7) is 1.49. The van der Waals surface area contributed by atoms with Crippen molar-refractivity contribution in [2.45, 2.75) is 13.0 Å². The largest absolute Gasteiger partial charge is 0.449 e. The highest BCUT2D eigenvalue weighted by Crippen LogP contribution is 2.25. The number of para-hydroxylation sites is 1. The summed E-state index contributed by atoms with van der Waals surface area (Å²) in [5.41, 5.74) is 1.37. The number of carbonyl (C=O) groups excluding carboxylic acids is 2. The quantitative estimate of drug-likeness (QED) is 0.777. The molecule has 2 aromatic carbocycles. The zero-order valence-corrected chi connectivity index (χ0v) is 14.6. The van der Waals surface area contributed by atoms with Gasteiger partial charge in [-0.2, -0.15) is 0 Å². The van der Waals surface area contributed by atoms with Gasteiger partial charge in [0.1, 0.15) is 0 Å². The molecule has 0 aliphatic carbocycles. The second-order valence-electron chi connectivity index (χ2n) is 4.96. The van der Waals surface area contributed by atoms with E-state index in [0.29, 0.717) is 27.0 Å². The number of rotatable bonds is 5. The van der Waals surface area contributed by atoms with Gasteiger partial charge in [0.05, 0.1) is 16.3 Å². The molecule has 0 spiro atoms. The van der Waals surface area contributed by atoms with E-state index in [-0.39, 0.29) is 0 Å².